The van der Waals surface area contributed by atoms with Gasteiger partial charge in [-0.2, -0.15) is 0 Å². The first-order valence-corrected chi connectivity index (χ1v) is 12.2. The summed E-state index contributed by atoms with van der Waals surface area (Å²) in [5.74, 6) is 1.46. The highest BCUT2D eigenvalue weighted by Crippen LogP contribution is 2.24. The van der Waals surface area contributed by atoms with Crippen molar-refractivity contribution in [2.45, 2.75) is 44.9 Å². The second kappa shape index (κ2) is 12.9. The molecule has 30 heavy (non-hydrogen) atoms. The normalized spacial score (nSPS) is 15.1. The van der Waals surface area contributed by atoms with E-state index in [4.69, 9.17) is 9.47 Å². The molecule has 6 heteroatoms. The number of rotatable bonds is 12. The Kier molecular flexibility index (Phi) is 9.92. The predicted octanol–water partition coefficient (Wildman–Crippen LogP) is 4.44. The molecule has 1 unspecified atom stereocenters. The second-order valence-corrected chi connectivity index (χ2v) is 8.48. The zero-order chi connectivity index (χ0) is 21.0. The molecule has 1 fully saturated rings. The molecule has 3 rings (SSSR count). The van der Waals surface area contributed by atoms with Gasteiger partial charge in [0.25, 0.3) is 0 Å². The van der Waals surface area contributed by atoms with E-state index < -0.39 is 0 Å². The third-order valence-electron chi connectivity index (χ3n) is 5.39. The molecule has 0 radical (unpaired) electrons. The maximum atomic E-state index is 12.6. The lowest BCUT2D eigenvalue weighted by molar-refractivity contribution is -0.124. The van der Waals surface area contributed by atoms with Gasteiger partial charge in [0.15, 0.2) is 0 Å². The minimum Gasteiger partial charge on any atom is -0.489 e. The van der Waals surface area contributed by atoms with Gasteiger partial charge >= 0.3 is 0 Å². The molecule has 0 heterocycles. The lowest BCUT2D eigenvalue weighted by atomic mass is 10.1. The first-order valence-electron chi connectivity index (χ1n) is 10.6. The van der Waals surface area contributed by atoms with Crippen LogP contribution in [-0.4, -0.2) is 29.7 Å². The number of carbonyl (C=O) groups excluding carboxylic acids is 1. The summed E-state index contributed by atoms with van der Waals surface area (Å²) in [5.41, 5.74) is 2.17. The van der Waals surface area contributed by atoms with Gasteiger partial charge in [-0.25, -0.2) is 0 Å². The van der Waals surface area contributed by atoms with Crippen LogP contribution in [0.3, 0.4) is 0 Å². The molecule has 1 aliphatic carbocycles. The molecule has 0 saturated heterocycles. The van der Waals surface area contributed by atoms with Crippen molar-refractivity contribution < 1.29 is 14.3 Å². The third-order valence-corrected chi connectivity index (χ3v) is 5.83. The summed E-state index contributed by atoms with van der Waals surface area (Å²) in [4.78, 5) is 12.6. The maximum Gasteiger partial charge on any atom is 0.239 e. The molecule has 0 spiro atoms. The standard InChI is InChI=1S/C24H31IN2O3/c25-18-27-23(17-29-15-20-8-4-5-9-20)24(28)26-14-19-10-12-22(13-11-19)30-16-21-6-2-1-3-7-21/h1-3,6-7,10-13,20,23,27H,4-5,8-9,14-18H2,(H,26,28). The molecule has 2 aromatic carbocycles. The summed E-state index contributed by atoms with van der Waals surface area (Å²) < 4.78 is 12.4. The van der Waals surface area contributed by atoms with Crippen molar-refractivity contribution in [2.24, 2.45) is 5.92 Å². The summed E-state index contributed by atoms with van der Waals surface area (Å²) in [5, 5.41) is 6.23. The van der Waals surface area contributed by atoms with Gasteiger partial charge in [0, 0.05) is 17.7 Å². The van der Waals surface area contributed by atoms with E-state index in [9.17, 15) is 4.79 Å². The molecular weight excluding hydrogens is 491 g/mol. The Balaban J connectivity index is 1.40. The molecule has 2 aromatic rings. The number of halogens is 1. The van der Waals surface area contributed by atoms with Crippen molar-refractivity contribution in [1.29, 1.82) is 0 Å². The zero-order valence-corrected chi connectivity index (χ0v) is 19.5. The largest absolute Gasteiger partial charge is 0.489 e. The molecule has 1 aliphatic rings. The number of nitrogens with one attached hydrogen (secondary N) is 2. The van der Waals surface area contributed by atoms with Crippen LogP contribution in [0.1, 0.15) is 36.8 Å². The fraction of sp³-hybridized carbons (Fsp3) is 0.458. The van der Waals surface area contributed by atoms with Crippen LogP contribution in [0.15, 0.2) is 54.6 Å². The van der Waals surface area contributed by atoms with Crippen molar-refractivity contribution in [3.63, 3.8) is 0 Å². The minimum absolute atomic E-state index is 0.0255. The van der Waals surface area contributed by atoms with Gasteiger partial charge in [0.2, 0.25) is 5.91 Å². The molecule has 5 nitrogen and oxygen atoms in total. The van der Waals surface area contributed by atoms with Crippen LogP contribution in [0.4, 0.5) is 0 Å². The first-order chi connectivity index (χ1) is 14.7. The van der Waals surface area contributed by atoms with Crippen LogP contribution in [0.2, 0.25) is 0 Å². The number of amides is 1. The van der Waals surface area contributed by atoms with Gasteiger partial charge in [-0.05, 0) is 42.0 Å². The van der Waals surface area contributed by atoms with Crippen LogP contribution >= 0.6 is 22.6 Å². The average Bonchev–Trinajstić information content (AvgIpc) is 3.30. The SMILES string of the molecule is O=C(NCc1ccc(OCc2ccccc2)cc1)C(COCC1CCCC1)NCI. The van der Waals surface area contributed by atoms with E-state index in [0.29, 0.717) is 30.2 Å². The summed E-state index contributed by atoms with van der Waals surface area (Å²) in [6, 6.07) is 17.6. The molecular formula is C24H31IN2O3. The van der Waals surface area contributed by atoms with Gasteiger partial charge in [0.05, 0.1) is 6.61 Å². The Hall–Kier alpha value is -1.64. The van der Waals surface area contributed by atoms with Crippen molar-refractivity contribution in [3.8, 4) is 5.75 Å². The number of alkyl halides is 1. The van der Waals surface area contributed by atoms with Crippen LogP contribution in [-0.2, 0) is 22.7 Å². The van der Waals surface area contributed by atoms with Gasteiger partial charge in [-0.15, -0.1) is 0 Å². The smallest absolute Gasteiger partial charge is 0.239 e. The van der Waals surface area contributed by atoms with E-state index >= 15 is 0 Å². The summed E-state index contributed by atoms with van der Waals surface area (Å²) in [7, 11) is 0. The van der Waals surface area contributed by atoms with E-state index in [1.54, 1.807) is 0 Å². The lowest BCUT2D eigenvalue weighted by Crippen LogP contribution is -2.46. The van der Waals surface area contributed by atoms with E-state index in [1.807, 2.05) is 54.6 Å². The highest BCUT2D eigenvalue weighted by Gasteiger charge is 2.20. The van der Waals surface area contributed by atoms with E-state index in [2.05, 4.69) is 33.2 Å². The molecule has 0 aromatic heterocycles. The van der Waals surface area contributed by atoms with Crippen molar-refractivity contribution in [1.82, 2.24) is 10.6 Å². The molecule has 1 atom stereocenters. The van der Waals surface area contributed by atoms with E-state index in [-0.39, 0.29) is 11.9 Å². The van der Waals surface area contributed by atoms with Crippen LogP contribution in [0.5, 0.6) is 5.75 Å². The van der Waals surface area contributed by atoms with Gasteiger partial charge in [0.1, 0.15) is 18.4 Å². The third kappa shape index (κ3) is 7.89. The number of ether oxygens (including phenoxy) is 2. The van der Waals surface area contributed by atoms with Gasteiger partial charge in [-0.3, -0.25) is 10.1 Å². The predicted molar refractivity (Wildman–Crippen MR) is 128 cm³/mol. The van der Waals surface area contributed by atoms with Crippen molar-refractivity contribution in [2.75, 3.05) is 17.8 Å². The Morgan fingerprint density at radius 2 is 1.77 bits per heavy atom. The van der Waals surface area contributed by atoms with E-state index in [0.717, 1.165) is 23.5 Å². The molecule has 2 N–H and O–H groups in total. The first kappa shape index (κ1) is 23.0. The Morgan fingerprint density at radius 1 is 1.03 bits per heavy atom. The molecule has 1 saturated carbocycles. The topological polar surface area (TPSA) is 59.6 Å². The molecule has 162 valence electrons. The summed E-state index contributed by atoms with van der Waals surface area (Å²) in [6.07, 6.45) is 5.11. The van der Waals surface area contributed by atoms with Crippen LogP contribution < -0.4 is 15.4 Å². The number of carbonyl (C=O) groups is 1. The number of hydrogen-bond donors (Lipinski definition) is 2. The second-order valence-electron chi connectivity index (χ2n) is 7.71. The number of hydrogen-bond acceptors (Lipinski definition) is 4. The summed E-state index contributed by atoms with van der Waals surface area (Å²) in [6.45, 7) is 2.20. The molecule has 1 amide bonds. The molecule has 0 aliphatic heterocycles. The average molecular weight is 522 g/mol. The number of benzene rings is 2. The molecule has 0 bridgehead atoms. The monoisotopic (exact) mass is 522 g/mol. The van der Waals surface area contributed by atoms with Crippen LogP contribution in [0, 0.1) is 5.92 Å². The van der Waals surface area contributed by atoms with E-state index in [1.165, 1.54) is 25.7 Å². The fourth-order valence-corrected chi connectivity index (χ4v) is 4.14. The Labute approximate surface area is 193 Å². The minimum atomic E-state index is -0.322. The Bertz CT molecular complexity index is 749. The Morgan fingerprint density at radius 3 is 2.47 bits per heavy atom. The quantitative estimate of drug-likeness (QED) is 0.246. The van der Waals surface area contributed by atoms with Crippen LogP contribution in [0.25, 0.3) is 0 Å². The summed E-state index contributed by atoms with van der Waals surface area (Å²) >= 11 is 2.22. The fourth-order valence-electron chi connectivity index (χ4n) is 3.61. The maximum absolute atomic E-state index is 12.6. The lowest BCUT2D eigenvalue weighted by Gasteiger charge is -2.19. The zero-order valence-electron chi connectivity index (χ0n) is 17.3. The van der Waals surface area contributed by atoms with Gasteiger partial charge < -0.3 is 14.8 Å². The van der Waals surface area contributed by atoms with Crippen molar-refractivity contribution >= 4 is 28.5 Å². The van der Waals surface area contributed by atoms with Crippen molar-refractivity contribution in [3.05, 3.63) is 65.7 Å². The van der Waals surface area contributed by atoms with Gasteiger partial charge in [-0.1, -0.05) is 77.9 Å². The highest BCUT2D eigenvalue weighted by molar-refractivity contribution is 14.1. The highest BCUT2D eigenvalue weighted by atomic mass is 127.